The van der Waals surface area contributed by atoms with E-state index in [2.05, 4.69) is 38.4 Å². The van der Waals surface area contributed by atoms with Gasteiger partial charge in [-0.3, -0.25) is 0 Å². The molecule has 2 unspecified atom stereocenters. The van der Waals surface area contributed by atoms with Crippen molar-refractivity contribution in [2.24, 2.45) is 22.4 Å². The summed E-state index contributed by atoms with van der Waals surface area (Å²) in [5, 5.41) is 22.7. The summed E-state index contributed by atoms with van der Waals surface area (Å²) < 4.78 is 0.649. The quantitative estimate of drug-likeness (QED) is 0.690. The molecule has 2 aliphatic rings. The van der Waals surface area contributed by atoms with Gasteiger partial charge in [0.05, 0.1) is 28.8 Å². The number of nitriles is 2. The molecule has 0 amide bonds. The van der Waals surface area contributed by atoms with Gasteiger partial charge in [-0.2, -0.15) is 10.5 Å². The Balaban J connectivity index is 2.21. The smallest absolute Gasteiger partial charge is 0.129 e. The molecule has 0 aliphatic carbocycles. The Bertz CT molecular complexity index is 894. The molecule has 1 saturated heterocycles. The molecule has 0 spiro atoms. The SMILES string of the molecule is N#CC1=C(C2CCCNC2)N=C(N)/C(=C\N)C1c1cccc(C#N)c1Br. The molecule has 2 atom stereocenters. The molecule has 7 heteroatoms. The van der Waals surface area contributed by atoms with Crippen LogP contribution in [-0.4, -0.2) is 18.9 Å². The molecule has 2 aliphatic heterocycles. The average Bonchev–Trinajstić information content (AvgIpc) is 2.68. The number of hydrogen-bond donors (Lipinski definition) is 3. The molecule has 0 saturated carbocycles. The first-order valence-corrected chi connectivity index (χ1v) is 9.21. The number of nitrogens with zero attached hydrogens (tertiary/aromatic N) is 3. The van der Waals surface area contributed by atoms with Crippen LogP contribution in [0, 0.1) is 28.6 Å². The van der Waals surface area contributed by atoms with Crippen LogP contribution in [0.2, 0.25) is 0 Å². The van der Waals surface area contributed by atoms with Gasteiger partial charge in [-0.25, -0.2) is 4.99 Å². The summed E-state index contributed by atoms with van der Waals surface area (Å²) in [7, 11) is 0. The third-order valence-electron chi connectivity index (χ3n) is 4.86. The van der Waals surface area contributed by atoms with Gasteiger partial charge in [0.2, 0.25) is 0 Å². The molecular formula is C19H19BrN6. The third kappa shape index (κ3) is 3.12. The molecule has 1 fully saturated rings. The van der Waals surface area contributed by atoms with Gasteiger partial charge in [-0.1, -0.05) is 12.1 Å². The zero-order chi connectivity index (χ0) is 18.7. The van der Waals surface area contributed by atoms with Gasteiger partial charge in [-0.15, -0.1) is 0 Å². The number of allylic oxidation sites excluding steroid dienone is 1. The number of nitrogens with two attached hydrogens (primary N) is 2. The van der Waals surface area contributed by atoms with E-state index < -0.39 is 5.92 Å². The van der Waals surface area contributed by atoms with E-state index in [0.717, 1.165) is 37.2 Å². The summed E-state index contributed by atoms with van der Waals surface area (Å²) in [6.07, 6.45) is 3.39. The lowest BCUT2D eigenvalue weighted by molar-refractivity contribution is 0.416. The van der Waals surface area contributed by atoms with Crippen LogP contribution < -0.4 is 16.8 Å². The van der Waals surface area contributed by atoms with Gasteiger partial charge in [0.25, 0.3) is 0 Å². The lowest BCUT2D eigenvalue weighted by Crippen LogP contribution is -2.34. The average molecular weight is 411 g/mol. The summed E-state index contributed by atoms with van der Waals surface area (Å²) in [5.41, 5.74) is 15.2. The molecule has 26 heavy (non-hydrogen) atoms. The maximum absolute atomic E-state index is 9.95. The Hall–Kier alpha value is -2.61. The predicted octanol–water partition coefficient (Wildman–Crippen LogP) is 2.40. The summed E-state index contributed by atoms with van der Waals surface area (Å²) in [6.45, 7) is 1.74. The topological polar surface area (TPSA) is 124 Å². The zero-order valence-electron chi connectivity index (χ0n) is 14.2. The highest BCUT2D eigenvalue weighted by Crippen LogP contribution is 2.43. The molecule has 6 nitrogen and oxygen atoms in total. The number of hydrogen-bond acceptors (Lipinski definition) is 6. The number of nitrogens with one attached hydrogen (secondary N) is 1. The fourth-order valence-electron chi connectivity index (χ4n) is 3.59. The van der Waals surface area contributed by atoms with Crippen molar-refractivity contribution in [1.82, 2.24) is 5.32 Å². The van der Waals surface area contributed by atoms with Crippen molar-refractivity contribution >= 4 is 21.8 Å². The van der Waals surface area contributed by atoms with Crippen molar-refractivity contribution in [3.63, 3.8) is 0 Å². The second-order valence-electron chi connectivity index (χ2n) is 6.33. The fourth-order valence-corrected chi connectivity index (χ4v) is 4.17. The molecule has 5 N–H and O–H groups in total. The summed E-state index contributed by atoms with van der Waals surface area (Å²) >= 11 is 3.51. The number of aliphatic imine (C=N–C) groups is 1. The highest BCUT2D eigenvalue weighted by atomic mass is 79.9. The minimum atomic E-state index is -0.442. The molecule has 3 rings (SSSR count). The van der Waals surface area contributed by atoms with E-state index >= 15 is 0 Å². The maximum Gasteiger partial charge on any atom is 0.129 e. The van der Waals surface area contributed by atoms with Crippen LogP contribution in [0.3, 0.4) is 0 Å². The molecule has 132 valence electrons. The van der Waals surface area contributed by atoms with E-state index in [-0.39, 0.29) is 5.92 Å². The van der Waals surface area contributed by atoms with Crippen LogP contribution in [-0.2, 0) is 0 Å². The number of benzene rings is 1. The van der Waals surface area contributed by atoms with Crippen LogP contribution in [0.4, 0.5) is 0 Å². The molecule has 2 heterocycles. The van der Waals surface area contributed by atoms with Crippen molar-refractivity contribution in [3.8, 4) is 12.1 Å². The van der Waals surface area contributed by atoms with Crippen molar-refractivity contribution in [3.05, 3.63) is 56.8 Å². The van der Waals surface area contributed by atoms with E-state index in [9.17, 15) is 10.5 Å². The zero-order valence-corrected chi connectivity index (χ0v) is 15.8. The van der Waals surface area contributed by atoms with Gasteiger partial charge in [0.15, 0.2) is 0 Å². The van der Waals surface area contributed by atoms with Crippen LogP contribution in [0.5, 0.6) is 0 Å². The Kier molecular flexibility index (Phi) is 5.41. The van der Waals surface area contributed by atoms with Crippen LogP contribution >= 0.6 is 15.9 Å². The molecule has 0 radical (unpaired) electrons. The second kappa shape index (κ2) is 7.74. The highest BCUT2D eigenvalue weighted by Gasteiger charge is 2.35. The molecule has 1 aromatic carbocycles. The normalized spacial score (nSPS) is 24.7. The maximum atomic E-state index is 9.95. The monoisotopic (exact) mass is 410 g/mol. The van der Waals surface area contributed by atoms with Crippen LogP contribution in [0.1, 0.15) is 29.9 Å². The number of rotatable bonds is 2. The first kappa shape index (κ1) is 18.2. The molecule has 1 aromatic rings. The van der Waals surface area contributed by atoms with Crippen LogP contribution in [0.15, 0.2) is 50.7 Å². The molecule has 0 bridgehead atoms. The lowest BCUT2D eigenvalue weighted by atomic mass is 9.78. The van der Waals surface area contributed by atoms with Gasteiger partial charge in [0, 0.05) is 28.7 Å². The third-order valence-corrected chi connectivity index (χ3v) is 5.74. The first-order valence-electron chi connectivity index (χ1n) is 8.42. The number of piperidine rings is 1. The first-order chi connectivity index (χ1) is 12.6. The summed E-state index contributed by atoms with van der Waals surface area (Å²) in [6, 6.07) is 9.90. The van der Waals surface area contributed by atoms with Crippen molar-refractivity contribution < 1.29 is 0 Å². The van der Waals surface area contributed by atoms with Gasteiger partial charge in [-0.05, 0) is 46.9 Å². The molecule has 0 aromatic heterocycles. The Labute approximate surface area is 161 Å². The Morgan fingerprint density at radius 3 is 2.73 bits per heavy atom. The van der Waals surface area contributed by atoms with E-state index in [1.54, 1.807) is 12.1 Å². The minimum Gasteiger partial charge on any atom is -0.404 e. The van der Waals surface area contributed by atoms with Crippen molar-refractivity contribution in [1.29, 1.82) is 10.5 Å². The predicted molar refractivity (Wildman–Crippen MR) is 104 cm³/mol. The van der Waals surface area contributed by atoms with E-state index in [4.69, 9.17) is 11.5 Å². The van der Waals surface area contributed by atoms with E-state index in [1.807, 2.05) is 6.07 Å². The summed E-state index contributed by atoms with van der Waals surface area (Å²) in [5.74, 6) is 0.0186. The summed E-state index contributed by atoms with van der Waals surface area (Å²) in [4.78, 5) is 4.54. The minimum absolute atomic E-state index is 0.136. The lowest BCUT2D eigenvalue weighted by Gasteiger charge is -2.31. The number of halogens is 1. The van der Waals surface area contributed by atoms with Gasteiger partial charge >= 0.3 is 0 Å². The standard InChI is InChI=1S/C19H19BrN6/c20-17-11(7-21)3-1-5-13(17)16-14(8-22)18(12-4-2-6-25-10-12)26-19(24)15(16)9-23/h1,3,5,9,12,16,25H,2,4,6,10,23H2,(H2,24,26)/b15-9-. The Morgan fingerprint density at radius 2 is 2.12 bits per heavy atom. The van der Waals surface area contributed by atoms with Gasteiger partial charge < -0.3 is 16.8 Å². The second-order valence-corrected chi connectivity index (χ2v) is 7.12. The van der Waals surface area contributed by atoms with E-state index in [0.29, 0.717) is 27.0 Å². The Morgan fingerprint density at radius 1 is 1.31 bits per heavy atom. The molecular weight excluding hydrogens is 392 g/mol. The highest BCUT2D eigenvalue weighted by molar-refractivity contribution is 9.10. The van der Waals surface area contributed by atoms with Crippen molar-refractivity contribution in [2.45, 2.75) is 18.8 Å². The fraction of sp³-hybridized carbons (Fsp3) is 0.316. The largest absolute Gasteiger partial charge is 0.404 e. The number of amidine groups is 1. The van der Waals surface area contributed by atoms with E-state index in [1.165, 1.54) is 6.20 Å². The van der Waals surface area contributed by atoms with Crippen LogP contribution in [0.25, 0.3) is 0 Å². The van der Waals surface area contributed by atoms with Crippen molar-refractivity contribution in [2.75, 3.05) is 13.1 Å². The van der Waals surface area contributed by atoms with Gasteiger partial charge in [0.1, 0.15) is 11.9 Å².